The molecule has 7 rings (SSSR count). The van der Waals surface area contributed by atoms with Crippen molar-refractivity contribution in [2.45, 2.75) is 160 Å². The van der Waals surface area contributed by atoms with Gasteiger partial charge in [0, 0.05) is 0 Å². The Morgan fingerprint density at radius 3 is 0.296 bits per heavy atom. The summed E-state index contributed by atoms with van der Waals surface area (Å²) in [6.45, 7) is 28.0. The molecule has 6 N–H and O–H groups in total. The highest BCUT2D eigenvalue weighted by Crippen LogP contribution is 2.27. The van der Waals surface area contributed by atoms with Crippen LogP contribution in [0.25, 0.3) is 0 Å². The molecule has 288 valence electrons. The molecule has 1 aliphatic heterocycles. The molecule has 0 amide bonds. The maximum Gasteiger partial charge on any atom is 0.0663 e. The molecule has 12 bridgehead atoms. The van der Waals surface area contributed by atoms with E-state index in [1.165, 1.54) is 131 Å². The number of fused-ring (bicyclic) bond motifs is 12. The van der Waals surface area contributed by atoms with E-state index in [0.717, 1.165) is 77.0 Å². The second kappa shape index (κ2) is 15.1. The fraction of sp³-hybridized carbons (Fsp3) is 0.500. The maximum atomic E-state index is 4.14. The van der Waals surface area contributed by atoms with E-state index in [9.17, 15) is 0 Å². The van der Waals surface area contributed by atoms with Gasteiger partial charge in [0.1, 0.15) is 0 Å². The Hall–Kier alpha value is -4.32. The Morgan fingerprint density at radius 2 is 0.241 bits per heavy atom. The van der Waals surface area contributed by atoms with Crippen LogP contribution in [-0.2, 0) is 77.0 Å². The van der Waals surface area contributed by atoms with Crippen LogP contribution in [0.1, 0.15) is 150 Å². The number of hydrogen-bond acceptors (Lipinski definition) is 0. The summed E-state index contributed by atoms with van der Waals surface area (Å²) in [7, 11) is 0. The molecule has 6 heteroatoms. The molecule has 7 heterocycles. The molecule has 54 heavy (non-hydrogen) atoms. The van der Waals surface area contributed by atoms with Crippen LogP contribution in [0.4, 0.5) is 0 Å². The van der Waals surface area contributed by atoms with Crippen molar-refractivity contribution in [3.05, 3.63) is 131 Å². The Labute approximate surface area is 320 Å². The van der Waals surface area contributed by atoms with Crippen molar-refractivity contribution < 1.29 is 0 Å². The highest BCUT2D eigenvalue weighted by Gasteiger charge is 2.20. The van der Waals surface area contributed by atoms with Crippen molar-refractivity contribution in [1.29, 1.82) is 0 Å². The third-order valence-electron chi connectivity index (χ3n) is 13.0. The smallest absolute Gasteiger partial charge is 0.0663 e. The number of nitrogens with one attached hydrogen (secondary N) is 6. The topological polar surface area (TPSA) is 94.7 Å². The molecule has 0 aliphatic carbocycles. The summed E-state index contributed by atoms with van der Waals surface area (Å²) >= 11 is 0. The molecular formula is C48H66N6. The zero-order valence-electron chi connectivity index (χ0n) is 35.5. The van der Waals surface area contributed by atoms with Crippen molar-refractivity contribution in [1.82, 2.24) is 29.9 Å². The average molecular weight is 727 g/mol. The third kappa shape index (κ3) is 5.33. The lowest BCUT2D eigenvalue weighted by Gasteiger charge is -2.00. The van der Waals surface area contributed by atoms with Crippen LogP contribution in [0.3, 0.4) is 0 Å². The predicted molar refractivity (Wildman–Crippen MR) is 223 cm³/mol. The van der Waals surface area contributed by atoms with E-state index in [0.29, 0.717) is 0 Å². The van der Waals surface area contributed by atoms with Crippen LogP contribution in [0.5, 0.6) is 0 Å². The van der Waals surface area contributed by atoms with Crippen molar-refractivity contribution in [3.8, 4) is 0 Å². The molecule has 0 aromatic carbocycles. The molecule has 0 saturated heterocycles. The first-order valence-corrected chi connectivity index (χ1v) is 21.7. The molecule has 6 nitrogen and oxygen atoms in total. The molecule has 1 aliphatic rings. The van der Waals surface area contributed by atoms with Gasteiger partial charge in [-0.05, 0) is 144 Å². The van der Waals surface area contributed by atoms with Crippen molar-refractivity contribution in [2.24, 2.45) is 0 Å². The van der Waals surface area contributed by atoms with Gasteiger partial charge in [0.15, 0.2) is 0 Å². The van der Waals surface area contributed by atoms with Gasteiger partial charge in [0.2, 0.25) is 0 Å². The first-order valence-electron chi connectivity index (χ1n) is 21.7. The summed E-state index contributed by atoms with van der Waals surface area (Å²) in [5.74, 6) is 0. The lowest BCUT2D eigenvalue weighted by Crippen LogP contribution is -1.92. The second-order valence-corrected chi connectivity index (χ2v) is 15.2. The van der Waals surface area contributed by atoms with Crippen LogP contribution in [0.15, 0.2) is 0 Å². The fourth-order valence-corrected chi connectivity index (χ4v) is 10.7. The number of H-pyrrole nitrogens is 6. The molecule has 0 atom stereocenters. The molecule has 0 radical (unpaired) electrons. The van der Waals surface area contributed by atoms with E-state index < -0.39 is 0 Å². The lowest BCUT2D eigenvalue weighted by atomic mass is 10.0. The van der Waals surface area contributed by atoms with E-state index in [2.05, 4.69) is 113 Å². The number of aromatic nitrogens is 6. The van der Waals surface area contributed by atoms with Crippen LogP contribution in [0, 0.1) is 64.2 Å². The summed E-state index contributed by atoms with van der Waals surface area (Å²) in [4.78, 5) is 24.9. The minimum atomic E-state index is 0.977. The lowest BCUT2D eigenvalue weighted by molar-refractivity contribution is 1.01. The number of hydrogen-bond donors (Lipinski definition) is 6. The zero-order valence-corrected chi connectivity index (χ0v) is 35.5. The Bertz CT molecular complexity index is 2260. The fourth-order valence-electron chi connectivity index (χ4n) is 10.7. The van der Waals surface area contributed by atoms with E-state index >= 15 is 0 Å². The molecule has 0 unspecified atom stereocenters. The zero-order chi connectivity index (χ0) is 38.6. The highest BCUT2D eigenvalue weighted by atomic mass is 14.8. The maximum absolute atomic E-state index is 4.14. The highest BCUT2D eigenvalue weighted by molar-refractivity contribution is 5.42. The van der Waals surface area contributed by atoms with Gasteiger partial charge in [0.25, 0.3) is 0 Å². The Morgan fingerprint density at radius 1 is 0.167 bits per heavy atom. The van der Waals surface area contributed by atoms with Crippen molar-refractivity contribution >= 4 is 0 Å². The predicted octanol–water partition coefficient (Wildman–Crippen LogP) is 10.4. The molecular weight excluding hydrogens is 661 g/mol. The second-order valence-electron chi connectivity index (χ2n) is 15.2. The van der Waals surface area contributed by atoms with E-state index in [-0.39, 0.29) is 0 Å². The van der Waals surface area contributed by atoms with Crippen LogP contribution in [-0.4, -0.2) is 29.9 Å². The molecule has 0 spiro atoms. The van der Waals surface area contributed by atoms with Gasteiger partial charge < -0.3 is 29.9 Å². The summed E-state index contributed by atoms with van der Waals surface area (Å²) < 4.78 is 0. The third-order valence-corrected chi connectivity index (χ3v) is 13.0. The number of aromatic amines is 6. The minimum Gasteiger partial charge on any atom is -0.352 e. The molecule has 0 fully saturated rings. The van der Waals surface area contributed by atoms with Crippen LogP contribution < -0.4 is 0 Å². The Balaban J connectivity index is 2.04. The van der Waals surface area contributed by atoms with Crippen molar-refractivity contribution in [2.75, 3.05) is 0 Å². The van der Waals surface area contributed by atoms with E-state index in [1.807, 2.05) is 0 Å². The molecule has 6 aromatic heterocycles. The van der Waals surface area contributed by atoms with Gasteiger partial charge in [0.05, 0.1) is 64.2 Å². The molecule has 6 aromatic rings. The van der Waals surface area contributed by atoms with Gasteiger partial charge in [-0.1, -0.05) is 83.1 Å². The standard InChI is InChI=1S/C48H66N6/c1-13-25-26(14-2)38-40-29(17-5)30(18-6)43(51-40)44-33(21-9)34(22-10)47(53-44)48-36(24-12)35(23-11)46(54-48)45-32(20-8)31(19-7)42(52-45)41-28(16-4)27(15-3)39(50-41)37(25)49-38/h49-54H,13-24H2,1-12H3. The summed E-state index contributed by atoms with van der Waals surface area (Å²) in [5, 5.41) is 15.2. The summed E-state index contributed by atoms with van der Waals surface area (Å²) in [6, 6.07) is 0. The first-order chi connectivity index (χ1) is 26.3. The normalized spacial score (nSPS) is 12.2. The van der Waals surface area contributed by atoms with Gasteiger partial charge in [-0.2, -0.15) is 0 Å². The van der Waals surface area contributed by atoms with Crippen LogP contribution in [0.2, 0.25) is 0 Å². The van der Waals surface area contributed by atoms with Crippen LogP contribution >= 0.6 is 0 Å². The largest absolute Gasteiger partial charge is 0.352 e. The van der Waals surface area contributed by atoms with E-state index in [1.54, 1.807) is 0 Å². The molecule has 0 saturated carbocycles. The number of rotatable bonds is 12. The van der Waals surface area contributed by atoms with Gasteiger partial charge in [-0.25, -0.2) is 0 Å². The van der Waals surface area contributed by atoms with Crippen molar-refractivity contribution in [3.63, 3.8) is 0 Å². The van der Waals surface area contributed by atoms with Gasteiger partial charge >= 0.3 is 0 Å². The average Bonchev–Trinajstić information content (AvgIpc) is 4.03. The SMILES string of the molecule is CCc1c(CC)c2[nH]c1=c1[nH]c(c(CC)c1CC)=c1[nH]c(c(CC)c1CC)=c1[nH]c(c(CC)c1CC)=c1[nH]c(c(CC)c1CC)=c1[nH]c=2c(CC)c1CC. The summed E-state index contributed by atoms with van der Waals surface area (Å²) in [6.07, 6.45) is 11.7. The monoisotopic (exact) mass is 727 g/mol. The van der Waals surface area contributed by atoms with Gasteiger partial charge in [-0.15, -0.1) is 0 Å². The minimum absolute atomic E-state index is 0.977. The Kier molecular flexibility index (Phi) is 10.6. The first kappa shape index (κ1) is 38.0. The van der Waals surface area contributed by atoms with Gasteiger partial charge in [-0.3, -0.25) is 0 Å². The summed E-state index contributed by atoms with van der Waals surface area (Å²) in [5.41, 5.74) is 17.2. The quantitative estimate of drug-likeness (QED) is 0.0723. The van der Waals surface area contributed by atoms with E-state index in [4.69, 9.17) is 0 Å².